The van der Waals surface area contributed by atoms with Gasteiger partial charge in [0.25, 0.3) is 0 Å². The van der Waals surface area contributed by atoms with Crippen LogP contribution in [0.15, 0.2) is 12.2 Å². The van der Waals surface area contributed by atoms with Crippen molar-refractivity contribution in [3.05, 3.63) is 12.2 Å². The van der Waals surface area contributed by atoms with Crippen molar-refractivity contribution in [2.24, 2.45) is 63.1 Å². The van der Waals surface area contributed by atoms with E-state index in [2.05, 4.69) is 55.0 Å². The van der Waals surface area contributed by atoms with E-state index in [0.29, 0.717) is 39.4 Å². The third-order valence-corrected chi connectivity index (χ3v) is 13.8. The molecule has 5 aliphatic rings. The van der Waals surface area contributed by atoms with Gasteiger partial charge in [-0.3, -0.25) is 0 Å². The number of rotatable bonds is 6. The fourth-order valence-corrected chi connectivity index (χ4v) is 11.8. The van der Waals surface area contributed by atoms with Crippen molar-refractivity contribution in [1.29, 1.82) is 0 Å². The first-order valence-corrected chi connectivity index (χ1v) is 14.8. The molecular weight excluding hydrogens is 400 g/mol. The molecule has 5 fully saturated rings. The maximum atomic E-state index is 10.6. The smallest absolute Gasteiger partial charge is 0.0568 e. The van der Waals surface area contributed by atoms with Gasteiger partial charge in [-0.1, -0.05) is 53.7 Å². The standard InChI is InChI=1S/C32H54O/c1-20(2)24(21(3)4)10-9-22(5)25-13-15-30(8)28-12-11-26-23(6)27(33)14-16-31(26)19-32(28,31)18-17-29(25,30)7/h21-28,33H,1,9-19H2,2-8H3/t22-,23+,24+,25-,26-,27+,28-,29-,30+,31-,32+/m1/s1. The topological polar surface area (TPSA) is 20.2 Å². The first-order valence-electron chi connectivity index (χ1n) is 14.8. The van der Waals surface area contributed by atoms with E-state index in [1.54, 1.807) is 0 Å². The Hall–Kier alpha value is -0.300. The average Bonchev–Trinajstić information content (AvgIpc) is 3.33. The summed E-state index contributed by atoms with van der Waals surface area (Å²) in [5.41, 5.74) is 3.69. The number of fused-ring (bicyclic) bond motifs is 2. The van der Waals surface area contributed by atoms with E-state index in [1.165, 1.54) is 69.8 Å². The first-order chi connectivity index (χ1) is 15.4. The summed E-state index contributed by atoms with van der Waals surface area (Å²) in [5, 5.41) is 10.6. The minimum absolute atomic E-state index is 0.0372. The molecule has 2 spiro atoms. The largest absolute Gasteiger partial charge is 0.393 e. The number of hydrogen-bond donors (Lipinski definition) is 1. The number of aliphatic hydroxyl groups is 1. The summed E-state index contributed by atoms with van der Waals surface area (Å²) in [7, 11) is 0. The van der Waals surface area contributed by atoms with E-state index < -0.39 is 0 Å². The molecule has 0 aliphatic heterocycles. The molecule has 1 N–H and O–H groups in total. The van der Waals surface area contributed by atoms with E-state index in [9.17, 15) is 5.11 Å². The van der Waals surface area contributed by atoms with Crippen molar-refractivity contribution in [1.82, 2.24) is 0 Å². The summed E-state index contributed by atoms with van der Waals surface area (Å²) in [6.07, 6.45) is 15.3. The molecule has 1 heteroatoms. The Morgan fingerprint density at radius 3 is 2.30 bits per heavy atom. The Balaban J connectivity index is 1.35. The molecule has 0 amide bonds. The van der Waals surface area contributed by atoms with Gasteiger partial charge >= 0.3 is 0 Å². The Morgan fingerprint density at radius 2 is 1.64 bits per heavy atom. The van der Waals surface area contributed by atoms with Crippen LogP contribution in [0.5, 0.6) is 0 Å². The van der Waals surface area contributed by atoms with Crippen molar-refractivity contribution < 1.29 is 5.11 Å². The molecule has 5 rings (SSSR count). The number of allylic oxidation sites excluding steroid dienone is 1. The quantitative estimate of drug-likeness (QED) is 0.398. The highest BCUT2D eigenvalue weighted by atomic mass is 16.3. The van der Waals surface area contributed by atoms with Crippen LogP contribution < -0.4 is 0 Å². The molecule has 0 heterocycles. The predicted molar refractivity (Wildman–Crippen MR) is 140 cm³/mol. The lowest BCUT2D eigenvalue weighted by Crippen LogP contribution is -2.55. The van der Waals surface area contributed by atoms with Gasteiger partial charge in [0.2, 0.25) is 0 Å². The summed E-state index contributed by atoms with van der Waals surface area (Å²) in [4.78, 5) is 0. The molecule has 1 nitrogen and oxygen atoms in total. The number of hydrogen-bond acceptors (Lipinski definition) is 1. The fraction of sp³-hybridized carbons (Fsp3) is 0.938. The second-order valence-corrected chi connectivity index (χ2v) is 14.9. The van der Waals surface area contributed by atoms with Crippen LogP contribution in [0.4, 0.5) is 0 Å². The summed E-state index contributed by atoms with van der Waals surface area (Å²) >= 11 is 0. The maximum absolute atomic E-state index is 10.6. The third-order valence-electron chi connectivity index (χ3n) is 13.8. The van der Waals surface area contributed by atoms with Gasteiger partial charge < -0.3 is 5.11 Å². The van der Waals surface area contributed by atoms with E-state index in [4.69, 9.17) is 0 Å². The van der Waals surface area contributed by atoms with Gasteiger partial charge in [0.05, 0.1) is 6.10 Å². The SMILES string of the molecule is C=C(C)[C@H](CC[C@@H](C)[C@H]1CC[C@@]2(C)[C@H]3CC[C@@H]4[C@H](C)[C@@H](O)CC[C@@]45C[C@@]35CC[C@]12C)C(C)C. The summed E-state index contributed by atoms with van der Waals surface area (Å²) in [6.45, 7) is 21.8. The molecule has 5 aliphatic carbocycles. The van der Waals surface area contributed by atoms with Crippen LogP contribution in [-0.2, 0) is 0 Å². The highest BCUT2D eigenvalue weighted by Gasteiger charge is 2.81. The van der Waals surface area contributed by atoms with Gasteiger partial charge in [-0.25, -0.2) is 0 Å². The van der Waals surface area contributed by atoms with Gasteiger partial charge in [-0.05, 0) is 141 Å². The maximum Gasteiger partial charge on any atom is 0.0568 e. The second-order valence-electron chi connectivity index (χ2n) is 14.9. The van der Waals surface area contributed by atoms with Gasteiger partial charge in [0.1, 0.15) is 0 Å². The van der Waals surface area contributed by atoms with Gasteiger partial charge in [0.15, 0.2) is 0 Å². The van der Waals surface area contributed by atoms with Crippen molar-refractivity contribution in [2.75, 3.05) is 0 Å². The van der Waals surface area contributed by atoms with Crippen LogP contribution in [0.2, 0.25) is 0 Å². The zero-order valence-electron chi connectivity index (χ0n) is 23.1. The van der Waals surface area contributed by atoms with Crippen LogP contribution in [0, 0.1) is 63.1 Å². The monoisotopic (exact) mass is 454 g/mol. The van der Waals surface area contributed by atoms with Crippen molar-refractivity contribution >= 4 is 0 Å². The molecule has 0 aromatic carbocycles. The van der Waals surface area contributed by atoms with E-state index in [0.717, 1.165) is 30.1 Å². The van der Waals surface area contributed by atoms with Crippen molar-refractivity contribution in [3.8, 4) is 0 Å². The molecular formula is C32H54O. The normalized spacial score (nSPS) is 52.3. The lowest BCUT2D eigenvalue weighted by Gasteiger charge is -2.62. The third kappa shape index (κ3) is 3.12. The minimum atomic E-state index is -0.0372. The van der Waals surface area contributed by atoms with Crippen molar-refractivity contribution in [3.63, 3.8) is 0 Å². The molecule has 0 radical (unpaired) electrons. The highest BCUT2D eigenvalue weighted by molar-refractivity contribution is 5.29. The Kier molecular flexibility index (Phi) is 5.80. The molecule has 0 aromatic rings. The summed E-state index contributed by atoms with van der Waals surface area (Å²) in [6, 6.07) is 0. The zero-order chi connectivity index (χ0) is 24.0. The predicted octanol–water partition coefficient (Wildman–Crippen LogP) is 8.66. The number of aliphatic hydroxyl groups excluding tert-OH is 1. The van der Waals surface area contributed by atoms with Crippen LogP contribution in [0.3, 0.4) is 0 Å². The van der Waals surface area contributed by atoms with E-state index >= 15 is 0 Å². The molecule has 11 atom stereocenters. The van der Waals surface area contributed by atoms with E-state index in [1.807, 2.05) is 0 Å². The fourth-order valence-electron chi connectivity index (χ4n) is 11.8. The Bertz CT molecular complexity index is 783. The molecule has 0 aromatic heterocycles. The highest BCUT2D eigenvalue weighted by Crippen LogP contribution is 2.88. The molecule has 0 unspecified atom stereocenters. The van der Waals surface area contributed by atoms with Crippen LogP contribution in [0.1, 0.15) is 119 Å². The zero-order valence-corrected chi connectivity index (χ0v) is 23.1. The van der Waals surface area contributed by atoms with E-state index in [-0.39, 0.29) is 6.10 Å². The molecule has 0 bridgehead atoms. The van der Waals surface area contributed by atoms with Crippen LogP contribution in [-0.4, -0.2) is 11.2 Å². The van der Waals surface area contributed by atoms with Gasteiger partial charge in [-0.15, -0.1) is 0 Å². The Labute approximate surface area is 205 Å². The average molecular weight is 455 g/mol. The second kappa shape index (κ2) is 7.85. The van der Waals surface area contributed by atoms with Crippen LogP contribution >= 0.6 is 0 Å². The first kappa shape index (κ1) is 24.4. The van der Waals surface area contributed by atoms with Gasteiger partial charge in [-0.2, -0.15) is 0 Å². The lowest BCUT2D eigenvalue weighted by molar-refractivity contribution is -0.143. The Morgan fingerprint density at radius 1 is 0.909 bits per heavy atom. The summed E-state index contributed by atoms with van der Waals surface area (Å²) in [5.74, 6) is 5.41. The van der Waals surface area contributed by atoms with Gasteiger partial charge in [0, 0.05) is 0 Å². The van der Waals surface area contributed by atoms with Crippen LogP contribution in [0.25, 0.3) is 0 Å². The molecule has 188 valence electrons. The molecule has 33 heavy (non-hydrogen) atoms. The van der Waals surface area contributed by atoms with Crippen molar-refractivity contribution in [2.45, 2.75) is 125 Å². The lowest BCUT2D eigenvalue weighted by atomic mass is 9.43. The minimum Gasteiger partial charge on any atom is -0.393 e. The molecule has 5 saturated carbocycles. The summed E-state index contributed by atoms with van der Waals surface area (Å²) < 4.78 is 0. The molecule has 0 saturated heterocycles.